The second kappa shape index (κ2) is 7.01. The summed E-state index contributed by atoms with van der Waals surface area (Å²) in [5.74, 6) is -0.621. The topological polar surface area (TPSA) is 48.4 Å². The van der Waals surface area contributed by atoms with Gasteiger partial charge in [-0.1, -0.05) is 0 Å². The number of nitrogens with zero attached hydrogens (tertiary/aromatic N) is 1. The molecular weight excluding hydrogens is 327 g/mol. The van der Waals surface area contributed by atoms with E-state index in [4.69, 9.17) is 4.74 Å². The fraction of sp³-hybridized carbons (Fsp3) is 0.333. The Bertz CT molecular complexity index is 581. The second-order valence-electron chi connectivity index (χ2n) is 3.85. The van der Waals surface area contributed by atoms with Gasteiger partial charge in [-0.3, -0.25) is 0 Å². The molecule has 4 nitrogen and oxygen atoms in total. The van der Waals surface area contributed by atoms with Crippen molar-refractivity contribution in [3.8, 4) is 10.6 Å². The van der Waals surface area contributed by atoms with Crippen molar-refractivity contribution in [1.82, 2.24) is 4.98 Å². The summed E-state index contributed by atoms with van der Waals surface area (Å²) in [6, 6.07) is 1.88. The first kappa shape index (κ1) is 15.9. The number of carbonyl (C=O) groups is 1. The van der Waals surface area contributed by atoms with E-state index in [1.807, 2.05) is 16.8 Å². The van der Waals surface area contributed by atoms with Crippen molar-refractivity contribution in [2.24, 2.45) is 0 Å². The van der Waals surface area contributed by atoms with Gasteiger partial charge in [-0.25, -0.2) is 9.78 Å². The third-order valence-corrected chi connectivity index (χ3v) is 3.91. The molecule has 0 N–H and O–H groups in total. The van der Waals surface area contributed by atoms with Crippen molar-refractivity contribution in [2.75, 3.05) is 19.8 Å². The minimum Gasteiger partial charge on any atom is -0.459 e. The van der Waals surface area contributed by atoms with E-state index in [-0.39, 0.29) is 13.2 Å². The van der Waals surface area contributed by atoms with Gasteiger partial charge in [0.15, 0.2) is 0 Å². The molecule has 2 heterocycles. The molecule has 0 fully saturated rings. The number of hydrogen-bond donors (Lipinski definition) is 0. The Hall–Kier alpha value is -1.45. The van der Waals surface area contributed by atoms with Crippen LogP contribution in [0.5, 0.6) is 0 Å². The maximum Gasteiger partial charge on any atom is 0.411 e. The zero-order valence-corrected chi connectivity index (χ0v) is 12.2. The first-order chi connectivity index (χ1) is 9.96. The number of esters is 1. The van der Waals surface area contributed by atoms with E-state index in [2.05, 4.69) is 9.72 Å². The number of ether oxygens (including phenoxy) is 2. The van der Waals surface area contributed by atoms with Gasteiger partial charge in [0.1, 0.15) is 23.1 Å². The average Bonchev–Trinajstić information content (AvgIpc) is 3.07. The summed E-state index contributed by atoms with van der Waals surface area (Å²) in [4.78, 5) is 16.1. The molecule has 0 atom stereocenters. The highest BCUT2D eigenvalue weighted by Gasteiger charge is 2.27. The van der Waals surface area contributed by atoms with Crippen LogP contribution in [-0.2, 0) is 9.47 Å². The lowest BCUT2D eigenvalue weighted by Gasteiger charge is -2.07. The van der Waals surface area contributed by atoms with Crippen LogP contribution >= 0.6 is 22.7 Å². The molecule has 0 aromatic carbocycles. The van der Waals surface area contributed by atoms with Crippen molar-refractivity contribution >= 4 is 28.6 Å². The summed E-state index contributed by atoms with van der Waals surface area (Å²) in [6.45, 7) is -1.89. The SMILES string of the molecule is O=C(OCCOCC(F)(F)F)c1cnc(-c2ccsc2)s1. The van der Waals surface area contributed by atoms with Gasteiger partial charge in [-0.2, -0.15) is 24.5 Å². The summed E-state index contributed by atoms with van der Waals surface area (Å²) in [7, 11) is 0. The number of carbonyl (C=O) groups excluding carboxylic acids is 1. The molecule has 0 radical (unpaired) electrons. The van der Waals surface area contributed by atoms with Gasteiger partial charge in [0.05, 0.1) is 12.8 Å². The molecule has 0 amide bonds. The maximum atomic E-state index is 11.8. The fourth-order valence-electron chi connectivity index (χ4n) is 1.34. The number of hydrogen-bond acceptors (Lipinski definition) is 6. The van der Waals surface area contributed by atoms with Crippen molar-refractivity contribution in [2.45, 2.75) is 6.18 Å². The summed E-state index contributed by atoms with van der Waals surface area (Å²) < 4.78 is 44.6. The van der Waals surface area contributed by atoms with Crippen molar-refractivity contribution in [3.63, 3.8) is 0 Å². The van der Waals surface area contributed by atoms with Gasteiger partial charge in [0, 0.05) is 10.9 Å². The fourth-order valence-corrected chi connectivity index (χ4v) is 2.86. The quantitative estimate of drug-likeness (QED) is 0.597. The number of thiazole rings is 1. The Labute approximate surface area is 126 Å². The smallest absolute Gasteiger partial charge is 0.411 e. The Morgan fingerprint density at radius 3 is 2.81 bits per heavy atom. The molecule has 0 saturated carbocycles. The monoisotopic (exact) mass is 337 g/mol. The Kier molecular flexibility index (Phi) is 5.32. The maximum absolute atomic E-state index is 11.8. The standard InChI is InChI=1S/C12H10F3NO3S2/c13-12(14,15)7-18-2-3-19-11(17)9-5-16-10(21-9)8-1-4-20-6-8/h1,4-6H,2-3,7H2. The molecule has 2 aromatic heterocycles. The number of halogens is 3. The van der Waals surface area contributed by atoms with Crippen LogP contribution in [0.25, 0.3) is 10.6 Å². The normalized spacial score (nSPS) is 11.6. The van der Waals surface area contributed by atoms with Gasteiger partial charge in [-0.05, 0) is 11.4 Å². The summed E-state index contributed by atoms with van der Waals surface area (Å²) >= 11 is 2.68. The van der Waals surface area contributed by atoms with Crippen LogP contribution in [0.1, 0.15) is 9.67 Å². The Morgan fingerprint density at radius 2 is 2.14 bits per heavy atom. The lowest BCUT2D eigenvalue weighted by atomic mass is 10.4. The largest absolute Gasteiger partial charge is 0.459 e. The highest BCUT2D eigenvalue weighted by Crippen LogP contribution is 2.27. The predicted molar refractivity (Wildman–Crippen MR) is 72.6 cm³/mol. The van der Waals surface area contributed by atoms with Gasteiger partial charge < -0.3 is 9.47 Å². The van der Waals surface area contributed by atoms with Crippen LogP contribution in [0.15, 0.2) is 23.0 Å². The van der Waals surface area contributed by atoms with E-state index in [0.29, 0.717) is 9.88 Å². The van der Waals surface area contributed by atoms with Crippen molar-refractivity contribution in [3.05, 3.63) is 27.9 Å². The predicted octanol–water partition coefficient (Wildman–Crippen LogP) is 3.61. The highest BCUT2D eigenvalue weighted by molar-refractivity contribution is 7.17. The van der Waals surface area contributed by atoms with Crippen LogP contribution in [0.2, 0.25) is 0 Å². The van der Waals surface area contributed by atoms with Crippen LogP contribution in [0.4, 0.5) is 13.2 Å². The minimum absolute atomic E-state index is 0.236. The molecule has 21 heavy (non-hydrogen) atoms. The molecule has 9 heteroatoms. The Morgan fingerprint density at radius 1 is 1.33 bits per heavy atom. The molecular formula is C12H10F3NO3S2. The highest BCUT2D eigenvalue weighted by atomic mass is 32.1. The molecule has 0 saturated heterocycles. The number of aromatic nitrogens is 1. The van der Waals surface area contributed by atoms with E-state index < -0.39 is 18.8 Å². The molecule has 2 aromatic rings. The molecule has 2 rings (SSSR count). The molecule has 0 spiro atoms. The third kappa shape index (κ3) is 5.10. The first-order valence-corrected chi connectivity index (χ1v) is 7.51. The van der Waals surface area contributed by atoms with Crippen LogP contribution < -0.4 is 0 Å². The molecule has 0 aliphatic carbocycles. The minimum atomic E-state index is -4.38. The van der Waals surface area contributed by atoms with Gasteiger partial charge in [0.25, 0.3) is 0 Å². The van der Waals surface area contributed by atoms with Crippen LogP contribution in [0.3, 0.4) is 0 Å². The van der Waals surface area contributed by atoms with E-state index in [9.17, 15) is 18.0 Å². The van der Waals surface area contributed by atoms with Crippen LogP contribution in [-0.4, -0.2) is 37.0 Å². The second-order valence-corrected chi connectivity index (χ2v) is 5.66. The summed E-state index contributed by atoms with van der Waals surface area (Å²) in [6.07, 6.45) is -2.99. The molecule has 0 aliphatic rings. The molecule has 0 bridgehead atoms. The Balaban J connectivity index is 1.76. The van der Waals surface area contributed by atoms with Crippen molar-refractivity contribution < 1.29 is 27.4 Å². The molecule has 0 aliphatic heterocycles. The number of alkyl halides is 3. The summed E-state index contributed by atoms with van der Waals surface area (Å²) in [5, 5.41) is 4.49. The van der Waals surface area contributed by atoms with E-state index >= 15 is 0 Å². The zero-order chi connectivity index (χ0) is 15.3. The van der Waals surface area contributed by atoms with Crippen molar-refractivity contribution in [1.29, 1.82) is 0 Å². The van der Waals surface area contributed by atoms with Crippen LogP contribution in [0, 0.1) is 0 Å². The lowest BCUT2D eigenvalue weighted by Crippen LogP contribution is -2.19. The average molecular weight is 337 g/mol. The molecule has 0 unspecified atom stereocenters. The zero-order valence-electron chi connectivity index (χ0n) is 10.6. The third-order valence-electron chi connectivity index (χ3n) is 2.20. The van der Waals surface area contributed by atoms with Gasteiger partial charge in [-0.15, -0.1) is 11.3 Å². The summed E-state index contributed by atoms with van der Waals surface area (Å²) in [5.41, 5.74) is 0.914. The van der Waals surface area contributed by atoms with Gasteiger partial charge in [0.2, 0.25) is 0 Å². The lowest BCUT2D eigenvalue weighted by molar-refractivity contribution is -0.175. The number of rotatable bonds is 6. The van der Waals surface area contributed by atoms with E-state index in [1.54, 1.807) is 0 Å². The number of thiophene rings is 1. The van der Waals surface area contributed by atoms with Gasteiger partial charge >= 0.3 is 12.1 Å². The van der Waals surface area contributed by atoms with E-state index in [0.717, 1.165) is 5.56 Å². The molecule has 114 valence electrons. The first-order valence-electron chi connectivity index (χ1n) is 5.76. The van der Waals surface area contributed by atoms with E-state index in [1.165, 1.54) is 28.9 Å².